The van der Waals surface area contributed by atoms with E-state index in [-0.39, 0.29) is 23.4 Å². The number of amides is 1. The Morgan fingerprint density at radius 3 is 2.37 bits per heavy atom. The normalized spacial score (nSPS) is 29.2. The minimum Gasteiger partial charge on any atom is -0.456 e. The largest absolute Gasteiger partial charge is 0.456 e. The zero-order chi connectivity index (χ0) is 27.7. The third-order valence-electron chi connectivity index (χ3n) is 8.08. The number of ether oxygens (including phenoxy) is 2. The second-order valence-corrected chi connectivity index (χ2v) is 12.0. The molecule has 2 aromatic rings. The van der Waals surface area contributed by atoms with Gasteiger partial charge in [0.25, 0.3) is 0 Å². The molecule has 3 aliphatic rings. The highest BCUT2D eigenvalue weighted by molar-refractivity contribution is 7.86. The number of carbonyl (C=O) groups is 3. The maximum absolute atomic E-state index is 14.1. The Hall–Kier alpha value is -3.12. The van der Waals surface area contributed by atoms with E-state index < -0.39 is 63.3 Å². The summed E-state index contributed by atoms with van der Waals surface area (Å²) < 4.78 is 70.0. The molecule has 1 heterocycles. The summed E-state index contributed by atoms with van der Waals surface area (Å²) in [5, 5.41) is -2.99. The van der Waals surface area contributed by atoms with Crippen LogP contribution in [0.25, 0.3) is 10.8 Å². The highest BCUT2D eigenvalue weighted by atomic mass is 32.2. The average molecular weight is 552 g/mol. The zero-order valence-corrected chi connectivity index (χ0v) is 21.6. The summed E-state index contributed by atoms with van der Waals surface area (Å²) in [5.41, 5.74) is 0.281. The predicted molar refractivity (Wildman–Crippen MR) is 130 cm³/mol. The number of halogens is 2. The summed E-state index contributed by atoms with van der Waals surface area (Å²) in [6.07, 6.45) is -3.06. The van der Waals surface area contributed by atoms with Crippen LogP contribution in [-0.4, -0.2) is 65.3 Å². The maximum atomic E-state index is 14.1. The van der Waals surface area contributed by atoms with Crippen molar-refractivity contribution in [2.75, 3.05) is 0 Å². The molecular weight excluding hydrogens is 524 g/mol. The maximum Gasteiger partial charge on any atom is 0.405 e. The van der Waals surface area contributed by atoms with Crippen molar-refractivity contribution in [3.8, 4) is 0 Å². The molecule has 1 saturated heterocycles. The van der Waals surface area contributed by atoms with Crippen LogP contribution >= 0.6 is 0 Å². The molecule has 0 spiro atoms. The number of nitrogens with zero attached hydrogens (tertiary/aromatic N) is 1. The van der Waals surface area contributed by atoms with Crippen molar-refractivity contribution in [1.82, 2.24) is 4.90 Å². The van der Waals surface area contributed by atoms with Gasteiger partial charge in [0.05, 0.1) is 23.4 Å². The SMILES string of the molecule is CC(C)N1C(=O)C2C3CC(C(OC(=O)c4ccc5ccccc5c4)C31)C2C(=O)OC(C)C(F)(F)S(=O)(=O)O. The molecule has 2 bridgehead atoms. The first kappa shape index (κ1) is 26.5. The first-order chi connectivity index (χ1) is 17.7. The summed E-state index contributed by atoms with van der Waals surface area (Å²) >= 11 is 0. The van der Waals surface area contributed by atoms with Crippen LogP contribution in [0.1, 0.15) is 37.6 Å². The predicted octanol–water partition coefficient (Wildman–Crippen LogP) is 3.28. The van der Waals surface area contributed by atoms with Crippen LogP contribution in [0.15, 0.2) is 42.5 Å². The van der Waals surface area contributed by atoms with Crippen LogP contribution in [0.3, 0.4) is 0 Å². The summed E-state index contributed by atoms with van der Waals surface area (Å²) in [5.74, 6) is -5.32. The van der Waals surface area contributed by atoms with Crippen LogP contribution in [0, 0.1) is 23.7 Å². The van der Waals surface area contributed by atoms with Crippen molar-refractivity contribution in [3.63, 3.8) is 0 Å². The number of hydrogen-bond donors (Lipinski definition) is 1. The van der Waals surface area contributed by atoms with E-state index in [1.54, 1.807) is 36.9 Å². The van der Waals surface area contributed by atoms with E-state index in [1.807, 2.05) is 24.3 Å². The summed E-state index contributed by atoms with van der Waals surface area (Å²) in [6.45, 7) is 4.23. The quantitative estimate of drug-likeness (QED) is 0.410. The standard InChI is InChI=1S/C26H27F2NO8S/c1-12(2)29-21-17-11-18(22(21)37-24(31)16-9-8-14-6-4-5-7-15(14)10-16)20(19(17)23(29)30)25(32)36-13(3)26(27,28)38(33,34)35/h4-10,12-13,17-22H,11H2,1-3H3,(H,33,34,35). The molecule has 0 radical (unpaired) electrons. The third kappa shape index (κ3) is 3.96. The van der Waals surface area contributed by atoms with Crippen molar-refractivity contribution in [2.24, 2.45) is 23.7 Å². The summed E-state index contributed by atoms with van der Waals surface area (Å²) in [6, 6.07) is 11.8. The number of likely N-dealkylation sites (tertiary alicyclic amines) is 1. The van der Waals surface area contributed by atoms with Gasteiger partial charge in [0.2, 0.25) is 5.91 Å². The molecule has 7 atom stereocenters. The lowest BCUT2D eigenvalue weighted by Crippen LogP contribution is -2.49. The molecular formula is C26H27F2NO8S. The van der Waals surface area contributed by atoms with Gasteiger partial charge in [-0.3, -0.25) is 14.1 Å². The van der Waals surface area contributed by atoms with E-state index in [0.29, 0.717) is 13.3 Å². The minimum atomic E-state index is -5.85. The van der Waals surface area contributed by atoms with Gasteiger partial charge in [-0.2, -0.15) is 17.2 Å². The molecule has 2 saturated carbocycles. The van der Waals surface area contributed by atoms with Gasteiger partial charge in [-0.1, -0.05) is 30.3 Å². The number of esters is 2. The van der Waals surface area contributed by atoms with Crippen LogP contribution in [0.4, 0.5) is 8.78 Å². The Morgan fingerprint density at radius 1 is 1.08 bits per heavy atom. The van der Waals surface area contributed by atoms with Gasteiger partial charge in [0.1, 0.15) is 6.10 Å². The van der Waals surface area contributed by atoms with E-state index in [4.69, 9.17) is 14.0 Å². The molecule has 9 nitrogen and oxygen atoms in total. The van der Waals surface area contributed by atoms with Crippen LogP contribution < -0.4 is 0 Å². The molecule has 1 amide bonds. The highest BCUT2D eigenvalue weighted by Gasteiger charge is 2.71. The van der Waals surface area contributed by atoms with E-state index in [1.165, 1.54) is 0 Å². The molecule has 204 valence electrons. The van der Waals surface area contributed by atoms with Gasteiger partial charge in [-0.05, 0) is 56.0 Å². The number of rotatable bonds is 7. The Balaban J connectivity index is 1.44. The van der Waals surface area contributed by atoms with Crippen LogP contribution in [0.2, 0.25) is 0 Å². The van der Waals surface area contributed by atoms with Crippen molar-refractivity contribution in [2.45, 2.75) is 56.7 Å². The molecule has 3 fully saturated rings. The lowest BCUT2D eigenvalue weighted by Gasteiger charge is -2.35. The second kappa shape index (κ2) is 8.98. The first-order valence-corrected chi connectivity index (χ1v) is 13.8. The molecule has 1 N–H and O–H groups in total. The Morgan fingerprint density at radius 2 is 1.74 bits per heavy atom. The van der Waals surface area contributed by atoms with Crippen molar-refractivity contribution in [3.05, 3.63) is 48.0 Å². The van der Waals surface area contributed by atoms with Gasteiger partial charge in [-0.25, -0.2) is 4.79 Å². The van der Waals surface area contributed by atoms with E-state index in [2.05, 4.69) is 0 Å². The van der Waals surface area contributed by atoms with Gasteiger partial charge in [-0.15, -0.1) is 0 Å². The fourth-order valence-electron chi connectivity index (χ4n) is 6.46. The van der Waals surface area contributed by atoms with Crippen LogP contribution in [0.5, 0.6) is 0 Å². The lowest BCUT2D eigenvalue weighted by molar-refractivity contribution is -0.170. The van der Waals surface area contributed by atoms with Crippen LogP contribution in [-0.2, 0) is 29.2 Å². The van der Waals surface area contributed by atoms with Crippen molar-refractivity contribution >= 4 is 38.7 Å². The van der Waals surface area contributed by atoms with Gasteiger partial charge in [0.15, 0.2) is 6.10 Å². The number of alkyl halides is 2. The molecule has 2 aliphatic carbocycles. The van der Waals surface area contributed by atoms with E-state index in [0.717, 1.165) is 10.8 Å². The van der Waals surface area contributed by atoms with Gasteiger partial charge >= 0.3 is 27.3 Å². The molecule has 7 unspecified atom stereocenters. The molecule has 38 heavy (non-hydrogen) atoms. The Labute approximate surface area is 217 Å². The first-order valence-electron chi connectivity index (χ1n) is 12.3. The van der Waals surface area contributed by atoms with Gasteiger partial charge in [0, 0.05) is 12.0 Å². The lowest BCUT2D eigenvalue weighted by atomic mass is 9.78. The topological polar surface area (TPSA) is 127 Å². The fourth-order valence-corrected chi connectivity index (χ4v) is 6.93. The Kier molecular flexibility index (Phi) is 6.26. The molecule has 5 rings (SSSR count). The minimum absolute atomic E-state index is 0.279. The van der Waals surface area contributed by atoms with Gasteiger partial charge < -0.3 is 14.4 Å². The number of hydrogen-bond acceptors (Lipinski definition) is 7. The number of benzene rings is 2. The molecule has 0 aromatic heterocycles. The monoisotopic (exact) mass is 551 g/mol. The average Bonchev–Trinajstić information content (AvgIpc) is 3.45. The van der Waals surface area contributed by atoms with Crippen molar-refractivity contribution < 1.29 is 45.6 Å². The Bertz CT molecular complexity index is 1430. The van der Waals surface area contributed by atoms with Crippen molar-refractivity contribution in [1.29, 1.82) is 0 Å². The van der Waals surface area contributed by atoms with E-state index >= 15 is 0 Å². The zero-order valence-electron chi connectivity index (χ0n) is 20.8. The smallest absolute Gasteiger partial charge is 0.405 e. The third-order valence-corrected chi connectivity index (χ3v) is 9.10. The highest BCUT2D eigenvalue weighted by Crippen LogP contribution is 2.60. The molecule has 1 aliphatic heterocycles. The number of fused-ring (bicyclic) bond motifs is 2. The molecule has 2 aromatic carbocycles. The fraction of sp³-hybridized carbons (Fsp3) is 0.500. The summed E-state index contributed by atoms with van der Waals surface area (Å²) in [7, 11) is -5.85. The second-order valence-electron chi connectivity index (χ2n) is 10.5. The summed E-state index contributed by atoms with van der Waals surface area (Å²) in [4.78, 5) is 41.3. The van der Waals surface area contributed by atoms with E-state index in [9.17, 15) is 31.6 Å². The number of carbonyl (C=O) groups excluding carboxylic acids is 3. The molecule has 12 heteroatoms.